The third-order valence-corrected chi connectivity index (χ3v) is 11.3. The number of hydrogen-bond acceptors (Lipinski definition) is 1. The summed E-state index contributed by atoms with van der Waals surface area (Å²) in [6.45, 7) is 15.7. The maximum atomic E-state index is 9.69. The molecule has 0 unspecified atom stereocenters. The van der Waals surface area contributed by atoms with Gasteiger partial charge in [-0.15, -0.1) is 0 Å². The van der Waals surface area contributed by atoms with Crippen molar-refractivity contribution in [3.63, 3.8) is 0 Å². The summed E-state index contributed by atoms with van der Waals surface area (Å²) in [4.78, 5) is 7.55. The SMILES string of the molecule is [C-]#[N+]c1cc(-c2ccc(-n3c4ccccc4c4c(-n5c6ccccc6c6ccccc65)cccc43)cc2)cc(-n2c3ccc(C#N)cc3c3cc([N+]#[C-])ccc32)c1. The van der Waals surface area contributed by atoms with E-state index in [0.29, 0.717) is 16.9 Å². The van der Waals surface area contributed by atoms with Gasteiger partial charge in [0.1, 0.15) is 0 Å². The lowest BCUT2D eigenvalue weighted by atomic mass is 10.0. The Labute approximate surface area is 327 Å². The normalized spacial score (nSPS) is 11.5. The highest BCUT2D eigenvalue weighted by Crippen LogP contribution is 2.41. The first-order valence-corrected chi connectivity index (χ1v) is 18.6. The maximum absolute atomic E-state index is 9.69. The zero-order valence-electron chi connectivity index (χ0n) is 30.3. The molecule has 8 aromatic carbocycles. The van der Waals surface area contributed by atoms with Crippen molar-refractivity contribution in [3.8, 4) is 34.3 Å². The van der Waals surface area contributed by atoms with E-state index in [9.17, 15) is 5.26 Å². The van der Waals surface area contributed by atoms with Crippen molar-refractivity contribution in [2.45, 2.75) is 0 Å². The van der Waals surface area contributed by atoms with Gasteiger partial charge in [-0.3, -0.25) is 0 Å². The van der Waals surface area contributed by atoms with E-state index in [4.69, 9.17) is 13.1 Å². The molecule has 11 rings (SSSR count). The van der Waals surface area contributed by atoms with Crippen LogP contribution in [-0.2, 0) is 0 Å². The molecule has 0 aliphatic rings. The number of fused-ring (bicyclic) bond motifs is 9. The highest BCUT2D eigenvalue weighted by molar-refractivity contribution is 6.16. The Kier molecular flexibility index (Phi) is 6.95. The Morgan fingerprint density at radius 3 is 1.67 bits per heavy atom. The van der Waals surface area contributed by atoms with Crippen LogP contribution < -0.4 is 0 Å². The third kappa shape index (κ3) is 4.74. The fourth-order valence-electron chi connectivity index (χ4n) is 8.83. The summed E-state index contributed by atoms with van der Waals surface area (Å²) < 4.78 is 6.87. The number of para-hydroxylation sites is 3. The van der Waals surface area contributed by atoms with E-state index in [2.05, 4.69) is 151 Å². The minimum Gasteiger partial charge on any atom is -0.311 e. The third-order valence-electron chi connectivity index (χ3n) is 11.3. The van der Waals surface area contributed by atoms with Crippen molar-refractivity contribution in [1.29, 1.82) is 5.26 Å². The number of benzene rings is 8. The molecule has 0 N–H and O–H groups in total. The Hall–Kier alpha value is -8.37. The number of rotatable bonds is 4. The van der Waals surface area contributed by atoms with Gasteiger partial charge in [-0.25, -0.2) is 9.69 Å². The maximum Gasteiger partial charge on any atom is 0.189 e. The monoisotopic (exact) mass is 724 g/mol. The molecule has 0 aliphatic carbocycles. The predicted octanol–water partition coefficient (Wildman–Crippen LogP) is 13.6. The standard InChI is InChI=1S/C51H28N6/c1-53-35-21-25-48-43(30-35)42-26-32(31-52)18-24-47(42)56(48)38-28-34(27-36(29-38)54-2)33-19-22-37(23-20-33)55-46-15-8-5-12-41(46)51-49(55)16-9-17-50(51)57-44-13-6-3-10-39(44)40-11-4-7-14-45(40)57/h3-30H. The molecular weight excluding hydrogens is 697 g/mol. The first-order valence-electron chi connectivity index (χ1n) is 18.6. The largest absolute Gasteiger partial charge is 0.311 e. The lowest BCUT2D eigenvalue weighted by Gasteiger charge is -2.13. The van der Waals surface area contributed by atoms with Crippen molar-refractivity contribution < 1.29 is 0 Å². The first kappa shape index (κ1) is 32.1. The second-order valence-electron chi connectivity index (χ2n) is 14.3. The molecule has 6 heteroatoms. The van der Waals surface area contributed by atoms with E-state index in [1.54, 1.807) is 0 Å². The first-order chi connectivity index (χ1) is 28.1. The Morgan fingerprint density at radius 1 is 0.404 bits per heavy atom. The van der Waals surface area contributed by atoms with Crippen LogP contribution in [-0.4, -0.2) is 13.7 Å². The van der Waals surface area contributed by atoms with Crippen LogP contribution in [0.2, 0.25) is 0 Å². The molecule has 0 amide bonds. The number of nitrogens with zero attached hydrogens (tertiary/aromatic N) is 6. The van der Waals surface area contributed by atoms with Crippen molar-refractivity contribution in [2.75, 3.05) is 0 Å². The van der Waals surface area contributed by atoms with Gasteiger partial charge < -0.3 is 13.7 Å². The highest BCUT2D eigenvalue weighted by atomic mass is 15.0. The van der Waals surface area contributed by atoms with Crippen LogP contribution >= 0.6 is 0 Å². The van der Waals surface area contributed by atoms with Crippen LogP contribution in [0.5, 0.6) is 0 Å². The average Bonchev–Trinajstić information content (AvgIpc) is 3.91. The quantitative estimate of drug-likeness (QED) is 0.167. The molecule has 3 aromatic heterocycles. The van der Waals surface area contributed by atoms with E-state index >= 15 is 0 Å². The van der Waals surface area contributed by atoms with Gasteiger partial charge in [-0.1, -0.05) is 78.9 Å². The molecule has 57 heavy (non-hydrogen) atoms. The molecule has 3 heterocycles. The Balaban J connectivity index is 1.07. The van der Waals surface area contributed by atoms with Gasteiger partial charge in [0.2, 0.25) is 0 Å². The van der Waals surface area contributed by atoms with Gasteiger partial charge in [0.25, 0.3) is 0 Å². The van der Waals surface area contributed by atoms with Crippen LogP contribution in [0.3, 0.4) is 0 Å². The van der Waals surface area contributed by atoms with Crippen LogP contribution in [0.15, 0.2) is 170 Å². The fourth-order valence-corrected chi connectivity index (χ4v) is 8.83. The van der Waals surface area contributed by atoms with Gasteiger partial charge in [0.15, 0.2) is 11.4 Å². The smallest absolute Gasteiger partial charge is 0.189 e. The number of hydrogen-bond donors (Lipinski definition) is 0. The summed E-state index contributed by atoms with van der Waals surface area (Å²) in [7, 11) is 0. The van der Waals surface area contributed by atoms with Crippen LogP contribution in [0.25, 0.3) is 103 Å². The summed E-state index contributed by atoms with van der Waals surface area (Å²) in [6.07, 6.45) is 0. The minimum absolute atomic E-state index is 0.521. The van der Waals surface area contributed by atoms with Crippen molar-refractivity contribution in [3.05, 3.63) is 198 Å². The van der Waals surface area contributed by atoms with E-state index < -0.39 is 0 Å². The molecule has 0 aliphatic heterocycles. The molecule has 0 radical (unpaired) electrons. The van der Waals surface area contributed by atoms with E-state index in [0.717, 1.165) is 61.0 Å². The Morgan fingerprint density at radius 2 is 0.982 bits per heavy atom. The van der Waals surface area contributed by atoms with Crippen molar-refractivity contribution in [1.82, 2.24) is 13.7 Å². The summed E-state index contributed by atoms with van der Waals surface area (Å²) in [5.74, 6) is 0. The van der Waals surface area contributed by atoms with Gasteiger partial charge in [-0.2, -0.15) is 5.26 Å². The van der Waals surface area contributed by atoms with Gasteiger partial charge in [0.05, 0.1) is 63.6 Å². The lowest BCUT2D eigenvalue weighted by Crippen LogP contribution is -1.97. The van der Waals surface area contributed by atoms with Gasteiger partial charge in [0, 0.05) is 38.3 Å². The molecule has 0 atom stereocenters. The van der Waals surface area contributed by atoms with E-state index in [-0.39, 0.29) is 0 Å². The zero-order valence-corrected chi connectivity index (χ0v) is 30.3. The Bertz CT molecular complexity index is 3490. The van der Waals surface area contributed by atoms with Crippen molar-refractivity contribution in [2.24, 2.45) is 0 Å². The van der Waals surface area contributed by atoms with Crippen LogP contribution in [0, 0.1) is 24.5 Å². The number of nitriles is 1. The molecule has 0 saturated heterocycles. The molecular formula is C51H28N6. The van der Waals surface area contributed by atoms with Crippen LogP contribution in [0.1, 0.15) is 5.56 Å². The van der Waals surface area contributed by atoms with Crippen LogP contribution in [0.4, 0.5) is 11.4 Å². The molecule has 0 saturated carbocycles. The average molecular weight is 725 g/mol. The molecule has 0 fully saturated rings. The molecule has 262 valence electrons. The molecule has 0 spiro atoms. The lowest BCUT2D eigenvalue weighted by molar-refractivity contribution is 1.17. The highest BCUT2D eigenvalue weighted by Gasteiger charge is 2.20. The summed E-state index contributed by atoms with van der Waals surface area (Å²) >= 11 is 0. The fraction of sp³-hybridized carbons (Fsp3) is 0. The van der Waals surface area contributed by atoms with Crippen molar-refractivity contribution >= 4 is 76.8 Å². The molecule has 6 nitrogen and oxygen atoms in total. The van der Waals surface area contributed by atoms with E-state index in [1.165, 1.54) is 32.6 Å². The number of aromatic nitrogens is 3. The van der Waals surface area contributed by atoms with E-state index in [1.807, 2.05) is 48.5 Å². The minimum atomic E-state index is 0.521. The topological polar surface area (TPSA) is 47.3 Å². The second-order valence-corrected chi connectivity index (χ2v) is 14.3. The second kappa shape index (κ2) is 12.3. The summed E-state index contributed by atoms with van der Waals surface area (Å²) in [6, 6.07) is 60.5. The van der Waals surface area contributed by atoms with Gasteiger partial charge in [-0.05, 0) is 108 Å². The predicted molar refractivity (Wildman–Crippen MR) is 232 cm³/mol. The molecule has 11 aromatic rings. The molecule has 0 bridgehead atoms. The van der Waals surface area contributed by atoms with Gasteiger partial charge >= 0.3 is 0 Å². The summed E-state index contributed by atoms with van der Waals surface area (Å²) in [5.41, 5.74) is 12.9. The zero-order chi connectivity index (χ0) is 38.2. The summed E-state index contributed by atoms with van der Waals surface area (Å²) in [5, 5.41) is 16.3.